The summed E-state index contributed by atoms with van der Waals surface area (Å²) in [7, 11) is -3.35. The van der Waals surface area contributed by atoms with Crippen LogP contribution in [-0.4, -0.2) is 37.4 Å². The van der Waals surface area contributed by atoms with Crippen LogP contribution in [0.1, 0.15) is 40.5 Å². The summed E-state index contributed by atoms with van der Waals surface area (Å²) in [6.07, 6.45) is 1.38. The van der Waals surface area contributed by atoms with Crippen LogP contribution in [-0.2, 0) is 14.6 Å². The molecule has 0 aromatic heterocycles. The average molecular weight is 264 g/mol. The number of nitrogens with one attached hydrogen (secondary N) is 1. The van der Waals surface area contributed by atoms with Crippen LogP contribution in [0.25, 0.3) is 0 Å². The number of nitrogens with two attached hydrogens (primary N) is 1. The van der Waals surface area contributed by atoms with Crippen LogP contribution in [0.15, 0.2) is 0 Å². The van der Waals surface area contributed by atoms with E-state index in [1.54, 1.807) is 13.8 Å². The van der Waals surface area contributed by atoms with Gasteiger partial charge in [-0.3, -0.25) is 4.79 Å². The van der Waals surface area contributed by atoms with Crippen molar-refractivity contribution in [3.8, 4) is 0 Å². The van der Waals surface area contributed by atoms with E-state index in [1.807, 2.05) is 13.8 Å². The molecule has 0 aliphatic heterocycles. The summed E-state index contributed by atoms with van der Waals surface area (Å²) in [4.78, 5) is 11.7. The number of carbonyl (C=O) groups excluding carboxylic acids is 1. The molecule has 0 aliphatic rings. The van der Waals surface area contributed by atoms with E-state index in [0.29, 0.717) is 19.4 Å². The van der Waals surface area contributed by atoms with Crippen LogP contribution in [0, 0.1) is 0 Å². The number of hydrogen-bond donors (Lipinski definition) is 2. The third-order valence-electron chi connectivity index (χ3n) is 3.20. The van der Waals surface area contributed by atoms with E-state index in [0.717, 1.165) is 0 Å². The fourth-order valence-corrected chi connectivity index (χ4v) is 2.22. The molecule has 0 saturated heterocycles. The topological polar surface area (TPSA) is 89.3 Å². The lowest BCUT2D eigenvalue weighted by Crippen LogP contribution is -2.54. The van der Waals surface area contributed by atoms with Gasteiger partial charge in [0, 0.05) is 6.54 Å². The largest absolute Gasteiger partial charge is 0.349 e. The van der Waals surface area contributed by atoms with E-state index in [-0.39, 0.29) is 0 Å². The van der Waals surface area contributed by atoms with Gasteiger partial charge in [0.2, 0.25) is 5.91 Å². The Kier molecular flexibility index (Phi) is 6.12. The normalized spacial score (nSPS) is 12.8. The van der Waals surface area contributed by atoms with Gasteiger partial charge in [-0.15, -0.1) is 0 Å². The number of amides is 1. The van der Waals surface area contributed by atoms with Crippen molar-refractivity contribution in [1.82, 2.24) is 5.32 Å². The standard InChI is InChI=1S/C11H24N2O3S/c1-5-11(6-2,8-12)13-10(14)7-17(15,16)9(3)4/h9H,5-8,12H2,1-4H3,(H,13,14). The lowest BCUT2D eigenvalue weighted by atomic mass is 9.93. The molecule has 6 heteroatoms. The maximum absolute atomic E-state index is 11.7. The minimum Gasteiger partial charge on any atom is -0.349 e. The smallest absolute Gasteiger partial charge is 0.235 e. The molecule has 0 fully saturated rings. The van der Waals surface area contributed by atoms with Crippen molar-refractivity contribution in [2.75, 3.05) is 12.3 Å². The van der Waals surface area contributed by atoms with E-state index < -0.39 is 32.3 Å². The summed E-state index contributed by atoms with van der Waals surface area (Å²) in [5.41, 5.74) is 5.15. The van der Waals surface area contributed by atoms with Gasteiger partial charge in [0.1, 0.15) is 5.75 Å². The molecular formula is C11H24N2O3S. The van der Waals surface area contributed by atoms with Crippen molar-refractivity contribution < 1.29 is 13.2 Å². The molecule has 3 N–H and O–H groups in total. The Morgan fingerprint density at radius 3 is 2.06 bits per heavy atom. The van der Waals surface area contributed by atoms with Crippen LogP contribution in [0.5, 0.6) is 0 Å². The van der Waals surface area contributed by atoms with Crippen molar-refractivity contribution in [1.29, 1.82) is 0 Å². The summed E-state index contributed by atoms with van der Waals surface area (Å²) in [5, 5.41) is 2.21. The second-order valence-electron chi connectivity index (χ2n) is 4.60. The first-order valence-electron chi connectivity index (χ1n) is 5.95. The molecule has 1 amide bonds. The van der Waals surface area contributed by atoms with Crippen LogP contribution >= 0.6 is 0 Å². The van der Waals surface area contributed by atoms with Crippen LogP contribution < -0.4 is 11.1 Å². The number of sulfone groups is 1. The van der Waals surface area contributed by atoms with E-state index in [2.05, 4.69) is 5.32 Å². The van der Waals surface area contributed by atoms with E-state index in [1.165, 1.54) is 0 Å². The monoisotopic (exact) mass is 264 g/mol. The van der Waals surface area contributed by atoms with Crippen molar-refractivity contribution in [3.05, 3.63) is 0 Å². The highest BCUT2D eigenvalue weighted by molar-refractivity contribution is 7.92. The summed E-state index contributed by atoms with van der Waals surface area (Å²) in [6, 6.07) is 0. The molecule has 0 aromatic rings. The third-order valence-corrected chi connectivity index (χ3v) is 5.30. The predicted octanol–water partition coefficient (Wildman–Crippen LogP) is 0.443. The van der Waals surface area contributed by atoms with E-state index in [9.17, 15) is 13.2 Å². The number of carbonyl (C=O) groups is 1. The molecule has 0 aliphatic carbocycles. The average Bonchev–Trinajstić information content (AvgIpc) is 2.25. The molecule has 0 atom stereocenters. The number of rotatable bonds is 7. The third kappa shape index (κ3) is 4.63. The van der Waals surface area contributed by atoms with Gasteiger partial charge in [0.15, 0.2) is 9.84 Å². The molecule has 0 bridgehead atoms. The highest BCUT2D eigenvalue weighted by Crippen LogP contribution is 2.13. The van der Waals surface area contributed by atoms with Crippen molar-refractivity contribution in [2.24, 2.45) is 5.73 Å². The van der Waals surface area contributed by atoms with Gasteiger partial charge < -0.3 is 11.1 Å². The Balaban J connectivity index is 4.66. The van der Waals surface area contributed by atoms with Crippen molar-refractivity contribution in [3.63, 3.8) is 0 Å². The summed E-state index contributed by atoms with van der Waals surface area (Å²) in [5.74, 6) is -0.931. The van der Waals surface area contributed by atoms with Gasteiger partial charge >= 0.3 is 0 Å². The Bertz CT molecular complexity index is 337. The van der Waals surface area contributed by atoms with Crippen molar-refractivity contribution >= 4 is 15.7 Å². The molecule has 17 heavy (non-hydrogen) atoms. The predicted molar refractivity (Wildman–Crippen MR) is 69.4 cm³/mol. The summed E-state index contributed by atoms with van der Waals surface area (Å²) in [6.45, 7) is 7.30. The quantitative estimate of drug-likeness (QED) is 0.698. The van der Waals surface area contributed by atoms with E-state index in [4.69, 9.17) is 5.73 Å². The SMILES string of the molecule is CCC(CC)(CN)NC(=O)CS(=O)(=O)C(C)C. The first kappa shape index (κ1) is 16.4. The van der Waals surface area contributed by atoms with Gasteiger partial charge in [0.25, 0.3) is 0 Å². The lowest BCUT2D eigenvalue weighted by molar-refractivity contribution is -0.120. The molecule has 0 heterocycles. The van der Waals surface area contributed by atoms with Crippen LogP contribution in [0.3, 0.4) is 0 Å². The molecule has 5 nitrogen and oxygen atoms in total. The lowest BCUT2D eigenvalue weighted by Gasteiger charge is -2.31. The van der Waals surface area contributed by atoms with Crippen LogP contribution in [0.4, 0.5) is 0 Å². The second kappa shape index (κ2) is 6.35. The van der Waals surface area contributed by atoms with Gasteiger partial charge in [-0.05, 0) is 26.7 Å². The second-order valence-corrected chi connectivity index (χ2v) is 7.15. The Labute approximate surface area is 104 Å². The van der Waals surface area contributed by atoms with Gasteiger partial charge in [-0.2, -0.15) is 0 Å². The van der Waals surface area contributed by atoms with Gasteiger partial charge in [0.05, 0.1) is 10.8 Å². The van der Waals surface area contributed by atoms with Crippen LogP contribution in [0.2, 0.25) is 0 Å². The zero-order valence-electron chi connectivity index (χ0n) is 11.1. The molecule has 0 rings (SSSR count). The molecule has 0 unspecified atom stereocenters. The molecule has 0 spiro atoms. The minimum absolute atomic E-state index is 0.313. The Morgan fingerprint density at radius 2 is 1.76 bits per heavy atom. The Hall–Kier alpha value is -0.620. The zero-order valence-corrected chi connectivity index (χ0v) is 11.9. The Morgan fingerprint density at radius 1 is 1.29 bits per heavy atom. The highest BCUT2D eigenvalue weighted by atomic mass is 32.2. The summed E-state index contributed by atoms with van der Waals surface area (Å²) < 4.78 is 23.2. The molecule has 0 aromatic carbocycles. The zero-order chi connectivity index (χ0) is 13.7. The molecular weight excluding hydrogens is 240 g/mol. The van der Waals surface area contributed by atoms with Gasteiger partial charge in [-0.1, -0.05) is 13.8 Å². The maximum Gasteiger partial charge on any atom is 0.235 e. The van der Waals surface area contributed by atoms with Gasteiger partial charge in [-0.25, -0.2) is 8.42 Å². The minimum atomic E-state index is -3.35. The maximum atomic E-state index is 11.7. The molecule has 0 radical (unpaired) electrons. The highest BCUT2D eigenvalue weighted by Gasteiger charge is 2.29. The first-order chi connectivity index (χ1) is 7.73. The first-order valence-corrected chi connectivity index (χ1v) is 7.67. The fraction of sp³-hybridized carbons (Fsp3) is 0.909. The van der Waals surface area contributed by atoms with E-state index >= 15 is 0 Å². The molecule has 102 valence electrons. The van der Waals surface area contributed by atoms with Crippen molar-refractivity contribution in [2.45, 2.75) is 51.3 Å². The number of hydrogen-bond acceptors (Lipinski definition) is 4. The molecule has 0 saturated carbocycles. The summed E-state index contributed by atoms with van der Waals surface area (Å²) >= 11 is 0. The fourth-order valence-electron chi connectivity index (χ4n) is 1.45.